The molecule has 6 fully saturated rings. The molecule has 0 unspecified atom stereocenters. The number of aliphatic carboxylic acids is 1. The molecule has 6 aliphatic heterocycles. The van der Waals surface area contributed by atoms with Crippen LogP contribution in [0.15, 0.2) is 24.3 Å². The Morgan fingerprint density at radius 2 is 0.866 bits per heavy atom. The van der Waals surface area contributed by atoms with Crippen LogP contribution in [0.2, 0.25) is 0 Å². The summed E-state index contributed by atoms with van der Waals surface area (Å²) in [4.78, 5) is 220. The molecule has 0 aromatic heterocycles. The fourth-order valence-electron chi connectivity index (χ4n) is 13.2. The van der Waals surface area contributed by atoms with Gasteiger partial charge in [-0.25, -0.2) is 4.79 Å². The molecule has 6 heterocycles. The number of benzene rings is 1. The minimum Gasteiger partial charge on any atom is -0.508 e. The van der Waals surface area contributed by atoms with E-state index in [4.69, 9.17) is 11.5 Å². The summed E-state index contributed by atoms with van der Waals surface area (Å²) in [6.45, 7) is -1.68. The van der Waals surface area contributed by atoms with Crippen molar-refractivity contribution in [3.63, 3.8) is 0 Å². The smallest absolute Gasteiger partial charge is 0.328 e. The second kappa shape index (κ2) is 34.9. The lowest BCUT2D eigenvalue weighted by molar-refractivity contribution is -0.147. The zero-order valence-corrected chi connectivity index (χ0v) is 53.9. The molecule has 0 spiro atoms. The number of carboxylic acid groups (broad SMARTS) is 1. The fourth-order valence-corrected chi connectivity index (χ4v) is 13.2. The Bertz CT molecular complexity index is 3150. The number of primary amides is 1. The van der Waals surface area contributed by atoms with E-state index in [0.717, 1.165) is 16.7 Å². The molecule has 6 aliphatic rings. The SMILES string of the molecule is C[C@@H](O)[C@H](NC(=O)[C@H](Cc1ccc(O)cc1)NC(=O)CNC(=O)[C@@H]1CCCN1C(=O)[C@H](CCC(N)=O)NC(=O)CNC(=O)[C@@H]1CCCN1C(=O)[C@@H]1CCCN1C(=O)CNC(=O)[C@@H]1CCCN1C(=O)[C@H](CO)NC(=O)CNC(=O)[C@@H]1CCCN1C(=O)[C@@H]1CCCN1C(=O)CN)C(=O)O. The van der Waals surface area contributed by atoms with Crippen molar-refractivity contribution in [3.8, 4) is 5.75 Å². The molecule has 97 heavy (non-hydrogen) atoms. The molecule has 0 bridgehead atoms. The predicted molar refractivity (Wildman–Crippen MR) is 334 cm³/mol. The van der Waals surface area contributed by atoms with E-state index in [2.05, 4.69) is 42.5 Å². The maximum atomic E-state index is 14.2. The Labute approximate surface area is 557 Å². The van der Waals surface area contributed by atoms with Crippen LogP contribution in [0.5, 0.6) is 5.75 Å². The molecule has 0 aliphatic carbocycles. The summed E-state index contributed by atoms with van der Waals surface area (Å²) < 4.78 is 0. The van der Waals surface area contributed by atoms with Crippen LogP contribution in [0.1, 0.15) is 102 Å². The summed E-state index contributed by atoms with van der Waals surface area (Å²) in [7, 11) is 0. The van der Waals surface area contributed by atoms with Crippen molar-refractivity contribution >= 4 is 94.6 Å². The van der Waals surface area contributed by atoms with Gasteiger partial charge in [0.25, 0.3) is 0 Å². The second-order valence-corrected chi connectivity index (χ2v) is 24.8. The van der Waals surface area contributed by atoms with Gasteiger partial charge in [0.2, 0.25) is 88.6 Å². The Morgan fingerprint density at radius 1 is 0.495 bits per heavy atom. The summed E-state index contributed by atoms with van der Waals surface area (Å²) in [6, 6.07) is -6.66. The number of carboxylic acids is 1. The third kappa shape index (κ3) is 19.6. The molecule has 0 saturated carbocycles. The van der Waals surface area contributed by atoms with Crippen LogP contribution in [-0.2, 0) is 83.1 Å². The van der Waals surface area contributed by atoms with E-state index in [9.17, 15) is 97.1 Å². The Kier molecular flexibility index (Phi) is 26.9. The third-order valence-corrected chi connectivity index (χ3v) is 18.1. The number of nitrogens with one attached hydrogen (secondary N) is 8. The molecular formula is C61H88N16O20. The number of phenolic OH excluding ortho intramolecular Hbond substituents is 1. The van der Waals surface area contributed by atoms with Crippen LogP contribution in [0.3, 0.4) is 0 Å². The van der Waals surface area contributed by atoms with E-state index in [1.807, 2.05) is 0 Å². The number of aliphatic hydroxyl groups is 2. The van der Waals surface area contributed by atoms with E-state index >= 15 is 0 Å². The van der Waals surface area contributed by atoms with Gasteiger partial charge in [0, 0.05) is 52.1 Å². The van der Waals surface area contributed by atoms with E-state index in [-0.39, 0.29) is 102 Å². The van der Waals surface area contributed by atoms with Crippen molar-refractivity contribution in [1.82, 2.24) is 71.9 Å². The normalized spacial score (nSPS) is 22.1. The number of phenols is 1. The van der Waals surface area contributed by atoms with Gasteiger partial charge < -0.3 is 104 Å². The van der Waals surface area contributed by atoms with Crippen LogP contribution in [0.25, 0.3) is 0 Å². The lowest BCUT2D eigenvalue weighted by atomic mass is 10.0. The zero-order chi connectivity index (χ0) is 70.8. The Morgan fingerprint density at radius 3 is 1.28 bits per heavy atom. The molecule has 532 valence electrons. The highest BCUT2D eigenvalue weighted by Crippen LogP contribution is 2.28. The van der Waals surface area contributed by atoms with Crippen molar-refractivity contribution in [2.75, 3.05) is 78.6 Å². The average Bonchev–Trinajstić information content (AvgIpc) is 1.69. The molecule has 16 N–H and O–H groups in total. The summed E-state index contributed by atoms with van der Waals surface area (Å²) in [5.74, 6) is -12.5. The monoisotopic (exact) mass is 1360 g/mol. The van der Waals surface area contributed by atoms with Gasteiger partial charge in [-0.1, -0.05) is 12.1 Å². The Balaban J connectivity index is 0.860. The number of carbonyl (C=O) groups excluding carboxylic acids is 15. The molecule has 15 amide bonds. The van der Waals surface area contributed by atoms with E-state index in [1.54, 1.807) is 0 Å². The summed E-state index contributed by atoms with van der Waals surface area (Å²) in [5.41, 5.74) is 11.4. The maximum Gasteiger partial charge on any atom is 0.328 e. The summed E-state index contributed by atoms with van der Waals surface area (Å²) >= 11 is 0. The quantitative estimate of drug-likeness (QED) is 0.0340. The first-order valence-electron chi connectivity index (χ1n) is 32.6. The number of amides is 15. The standard InChI is InChI=1S/C61H88N16O20/c1-33(79)51(61(96)97)71-52(87)37(26-34-14-16-35(80)17-15-34)69-47(83)29-65-53(88)39-8-2-22-74(39)57(92)36(18-19-45(63)81)68-46(82)28-64-54(89)42-11-5-25-77(42)60(95)44-13-7-21-73(44)50(86)31-67-56(91)40-9-3-23-75(40)58(93)38(32-78)70-48(84)30-66-55(90)41-10-4-24-76(41)59(94)43-12-6-20-72(43)49(85)27-62/h14-17,33,36-44,51,78-80H,2-13,18-32,62H2,1H3,(H2,63,81)(H,64,89)(H,65,88)(H,66,90)(H,67,91)(H,68,82)(H,69,83)(H,70,84)(H,71,87)(H,96,97)/t33-,36+,37+,38+,39+,40+,41+,42+,43+,44+,51+/m1/s1. The van der Waals surface area contributed by atoms with Crippen molar-refractivity contribution in [2.45, 2.75) is 170 Å². The number of aliphatic hydroxyl groups excluding tert-OH is 2. The maximum absolute atomic E-state index is 14.2. The van der Waals surface area contributed by atoms with Gasteiger partial charge in [-0.3, -0.25) is 71.9 Å². The minimum absolute atomic E-state index is 0.0121. The largest absolute Gasteiger partial charge is 0.508 e. The number of aromatic hydroxyl groups is 1. The number of rotatable bonds is 30. The number of nitrogens with zero attached hydrogens (tertiary/aromatic N) is 6. The summed E-state index contributed by atoms with van der Waals surface area (Å²) in [6.07, 6.45) is 1.51. The van der Waals surface area contributed by atoms with Gasteiger partial charge in [-0.15, -0.1) is 0 Å². The van der Waals surface area contributed by atoms with Crippen LogP contribution in [0, 0.1) is 0 Å². The number of likely N-dealkylation sites (tertiary alicyclic amines) is 6. The van der Waals surface area contributed by atoms with Gasteiger partial charge in [-0.2, -0.15) is 0 Å². The predicted octanol–water partition coefficient (Wildman–Crippen LogP) is -8.03. The van der Waals surface area contributed by atoms with Crippen LogP contribution in [0.4, 0.5) is 0 Å². The molecule has 0 radical (unpaired) electrons. The van der Waals surface area contributed by atoms with Crippen LogP contribution < -0.4 is 54.0 Å². The highest BCUT2D eigenvalue weighted by atomic mass is 16.4. The average molecular weight is 1370 g/mol. The first kappa shape index (κ1) is 74.8. The van der Waals surface area contributed by atoms with Crippen LogP contribution in [-0.4, -0.2) is 290 Å². The van der Waals surface area contributed by atoms with E-state index in [0.29, 0.717) is 63.5 Å². The van der Waals surface area contributed by atoms with Gasteiger partial charge in [-0.05, 0) is 108 Å². The molecule has 7 rings (SSSR count). The molecular weight excluding hydrogens is 1280 g/mol. The Hall–Kier alpha value is -9.58. The van der Waals surface area contributed by atoms with Crippen molar-refractivity contribution in [2.24, 2.45) is 11.5 Å². The number of hydrogen-bond acceptors (Lipinski definition) is 20. The molecule has 36 heteroatoms. The number of hydrogen-bond donors (Lipinski definition) is 14. The van der Waals surface area contributed by atoms with Gasteiger partial charge in [0.15, 0.2) is 6.04 Å². The minimum atomic E-state index is -1.74. The summed E-state index contributed by atoms with van der Waals surface area (Å²) in [5, 5.41) is 58.8. The first-order valence-corrected chi connectivity index (χ1v) is 32.6. The molecule has 1 aromatic carbocycles. The van der Waals surface area contributed by atoms with Crippen LogP contribution >= 0.6 is 0 Å². The van der Waals surface area contributed by atoms with Crippen molar-refractivity contribution < 1.29 is 97.1 Å². The molecule has 11 atom stereocenters. The van der Waals surface area contributed by atoms with Crippen molar-refractivity contribution in [3.05, 3.63) is 29.8 Å². The highest BCUT2D eigenvalue weighted by molar-refractivity contribution is 6.00. The lowest BCUT2D eigenvalue weighted by Crippen LogP contribution is -2.57. The zero-order valence-electron chi connectivity index (χ0n) is 53.9. The number of carbonyl (C=O) groups is 16. The third-order valence-electron chi connectivity index (χ3n) is 18.1. The lowest BCUT2D eigenvalue weighted by Gasteiger charge is -2.31. The first-order chi connectivity index (χ1) is 46.2. The topological polar surface area (TPSA) is 522 Å². The van der Waals surface area contributed by atoms with Gasteiger partial charge >= 0.3 is 5.97 Å². The van der Waals surface area contributed by atoms with Crippen molar-refractivity contribution in [1.29, 1.82) is 0 Å². The molecule has 1 aromatic rings. The second-order valence-electron chi connectivity index (χ2n) is 24.8. The van der Waals surface area contributed by atoms with Gasteiger partial charge in [0.05, 0.1) is 45.4 Å². The van der Waals surface area contributed by atoms with E-state index < -0.39 is 182 Å². The molecule has 36 nitrogen and oxygen atoms in total. The molecule has 6 saturated heterocycles. The van der Waals surface area contributed by atoms with E-state index in [1.165, 1.54) is 43.9 Å². The number of nitrogens with two attached hydrogens (primary N) is 2. The van der Waals surface area contributed by atoms with Gasteiger partial charge in [0.1, 0.15) is 60.1 Å². The highest BCUT2D eigenvalue weighted by Gasteiger charge is 2.46. The fraction of sp³-hybridized carbons (Fsp3) is 0.639.